The van der Waals surface area contributed by atoms with Crippen molar-refractivity contribution < 1.29 is 31.7 Å². The molecule has 0 aliphatic carbocycles. The molecule has 0 aromatic heterocycles. The maximum Gasteiger partial charge on any atom is 0.338 e. The van der Waals surface area contributed by atoms with Gasteiger partial charge in [-0.1, -0.05) is 0 Å². The Balaban J connectivity index is 3.26. The molecular weight excluding hydrogens is 328 g/mol. The molecule has 0 heterocycles. The summed E-state index contributed by atoms with van der Waals surface area (Å²) in [5, 5.41) is 18.2. The second-order valence-electron chi connectivity index (χ2n) is 4.05. The van der Waals surface area contributed by atoms with Crippen molar-refractivity contribution in [3.05, 3.63) is 33.9 Å². The number of nitro benzene ring substituents is 1. The number of hydrogen-bond acceptors (Lipinski definition) is 7. The van der Waals surface area contributed by atoms with Gasteiger partial charge in [-0.25, -0.2) is 21.6 Å². The van der Waals surface area contributed by atoms with Crippen molar-refractivity contribution in [2.75, 3.05) is 16.1 Å². The Bertz CT molecular complexity index is 797. The highest BCUT2D eigenvalue weighted by Gasteiger charge is 2.22. The summed E-state index contributed by atoms with van der Waals surface area (Å²) in [5.74, 6) is -1.60. The Labute approximate surface area is 119 Å². The molecular formula is C9H10N2O8S2. The van der Waals surface area contributed by atoms with E-state index in [1.807, 2.05) is 0 Å². The topological polar surface area (TPSA) is 161 Å². The zero-order valence-corrected chi connectivity index (χ0v) is 12.1. The first kappa shape index (κ1) is 16.8. The van der Waals surface area contributed by atoms with E-state index in [-0.39, 0.29) is 0 Å². The normalized spacial score (nSPS) is 11.9. The summed E-state index contributed by atoms with van der Waals surface area (Å²) in [6.45, 7) is 0. The van der Waals surface area contributed by atoms with Crippen LogP contribution in [0.2, 0.25) is 0 Å². The molecule has 1 aromatic rings. The smallest absolute Gasteiger partial charge is 0.338 e. The zero-order valence-electron chi connectivity index (χ0n) is 10.5. The summed E-state index contributed by atoms with van der Waals surface area (Å²) in [6, 6.07) is 2.44. The lowest BCUT2D eigenvalue weighted by Crippen LogP contribution is -2.23. The van der Waals surface area contributed by atoms with Crippen LogP contribution in [-0.4, -0.2) is 44.2 Å². The molecule has 116 valence electrons. The number of aromatic carboxylic acids is 1. The van der Waals surface area contributed by atoms with Gasteiger partial charge in [-0.15, -0.1) is 0 Å². The molecule has 0 aliphatic rings. The molecule has 0 atom stereocenters. The molecule has 0 spiro atoms. The van der Waals surface area contributed by atoms with Crippen molar-refractivity contribution >= 4 is 37.2 Å². The Hall–Kier alpha value is -2.21. The van der Waals surface area contributed by atoms with E-state index in [1.54, 1.807) is 4.72 Å². The lowest BCUT2D eigenvalue weighted by molar-refractivity contribution is -0.384. The minimum Gasteiger partial charge on any atom is -0.478 e. The van der Waals surface area contributed by atoms with Gasteiger partial charge < -0.3 is 5.11 Å². The third kappa shape index (κ3) is 5.00. The number of anilines is 1. The van der Waals surface area contributed by atoms with Crippen LogP contribution >= 0.6 is 0 Å². The van der Waals surface area contributed by atoms with Crippen LogP contribution in [0.1, 0.15) is 10.4 Å². The van der Waals surface area contributed by atoms with Gasteiger partial charge in [-0.3, -0.25) is 14.8 Å². The summed E-state index contributed by atoms with van der Waals surface area (Å²) < 4.78 is 46.9. The van der Waals surface area contributed by atoms with E-state index in [0.29, 0.717) is 12.3 Å². The van der Waals surface area contributed by atoms with Crippen LogP contribution < -0.4 is 4.72 Å². The molecule has 1 rings (SSSR count). The second-order valence-corrected chi connectivity index (χ2v) is 8.28. The fraction of sp³-hybridized carbons (Fsp3) is 0.222. The number of rotatable bonds is 6. The van der Waals surface area contributed by atoms with Crippen molar-refractivity contribution in [2.24, 2.45) is 0 Å². The molecule has 0 saturated carbocycles. The number of sulfonamides is 1. The summed E-state index contributed by atoms with van der Waals surface area (Å²) in [5.41, 5.74) is -1.67. The van der Waals surface area contributed by atoms with Crippen molar-refractivity contribution in [2.45, 2.75) is 0 Å². The third-order valence-corrected chi connectivity index (χ3v) is 5.56. The van der Waals surface area contributed by atoms with Gasteiger partial charge in [0, 0.05) is 18.4 Å². The number of carboxylic acid groups (broad SMARTS) is 1. The molecule has 0 unspecified atom stereocenters. The summed E-state index contributed by atoms with van der Waals surface area (Å²) >= 11 is 0. The molecule has 10 nitrogen and oxygen atoms in total. The number of non-ortho nitro benzene ring substituents is 1. The molecule has 1 aromatic carbocycles. The van der Waals surface area contributed by atoms with Gasteiger partial charge in [-0.05, 0) is 6.07 Å². The van der Waals surface area contributed by atoms with Crippen LogP contribution in [0.4, 0.5) is 11.4 Å². The Morgan fingerprint density at radius 1 is 1.33 bits per heavy atom. The van der Waals surface area contributed by atoms with E-state index in [0.717, 1.165) is 12.1 Å². The SMILES string of the molecule is CS(=O)(=O)CS(=O)(=O)Nc1ccc([N+](=O)[O-])cc1C(=O)O. The molecule has 12 heteroatoms. The molecule has 0 saturated heterocycles. The first-order chi connectivity index (χ1) is 9.41. The number of hydrogen-bond donors (Lipinski definition) is 2. The number of sulfone groups is 1. The highest BCUT2D eigenvalue weighted by Crippen LogP contribution is 2.23. The Morgan fingerprint density at radius 2 is 1.90 bits per heavy atom. The van der Waals surface area contributed by atoms with Gasteiger partial charge in [0.25, 0.3) is 5.69 Å². The predicted molar refractivity (Wildman–Crippen MR) is 72.3 cm³/mol. The lowest BCUT2D eigenvalue weighted by Gasteiger charge is -2.09. The Kier molecular flexibility index (Phi) is 4.53. The molecule has 0 radical (unpaired) electrons. The Morgan fingerprint density at radius 3 is 2.33 bits per heavy atom. The number of nitrogens with one attached hydrogen (secondary N) is 1. The molecule has 0 fully saturated rings. The fourth-order valence-electron chi connectivity index (χ4n) is 1.39. The lowest BCUT2D eigenvalue weighted by atomic mass is 10.1. The first-order valence-electron chi connectivity index (χ1n) is 5.11. The molecule has 0 aliphatic heterocycles. The first-order valence-corrected chi connectivity index (χ1v) is 8.82. The average Bonchev–Trinajstić information content (AvgIpc) is 2.24. The number of nitro groups is 1. The van der Waals surface area contributed by atoms with Crippen LogP contribution in [-0.2, 0) is 19.9 Å². The van der Waals surface area contributed by atoms with E-state index in [1.165, 1.54) is 0 Å². The minimum absolute atomic E-state index is 0.461. The van der Waals surface area contributed by atoms with E-state index in [4.69, 9.17) is 5.11 Å². The standard InChI is InChI=1S/C9H10N2O8S2/c1-20(16,17)5-21(18,19)10-8-3-2-6(11(14)15)4-7(8)9(12)13/h2-4,10H,5H2,1H3,(H,12,13). The van der Waals surface area contributed by atoms with Crippen molar-refractivity contribution in [3.63, 3.8) is 0 Å². The number of nitrogens with zero attached hydrogens (tertiary/aromatic N) is 1. The quantitative estimate of drug-likeness (QED) is 0.542. The van der Waals surface area contributed by atoms with Gasteiger partial charge in [0.1, 0.15) is 0 Å². The molecule has 0 amide bonds. The molecule has 21 heavy (non-hydrogen) atoms. The van der Waals surface area contributed by atoms with Crippen LogP contribution in [0.15, 0.2) is 18.2 Å². The summed E-state index contributed by atoms with van der Waals surface area (Å²) in [7, 11) is -8.22. The maximum atomic E-state index is 11.6. The van der Waals surface area contributed by atoms with E-state index in [9.17, 15) is 31.7 Å². The van der Waals surface area contributed by atoms with Gasteiger partial charge in [0.2, 0.25) is 10.0 Å². The van der Waals surface area contributed by atoms with Crippen LogP contribution in [0.5, 0.6) is 0 Å². The summed E-state index contributed by atoms with van der Waals surface area (Å²) in [4.78, 5) is 20.7. The number of carboxylic acids is 1. The highest BCUT2D eigenvalue weighted by atomic mass is 32.3. The van der Waals surface area contributed by atoms with Gasteiger partial charge >= 0.3 is 5.97 Å². The predicted octanol–water partition coefficient (Wildman–Crippen LogP) is 0.0368. The van der Waals surface area contributed by atoms with Crippen molar-refractivity contribution in [1.82, 2.24) is 0 Å². The largest absolute Gasteiger partial charge is 0.478 e. The minimum atomic E-state index is -4.35. The van der Waals surface area contributed by atoms with Crippen LogP contribution in [0.3, 0.4) is 0 Å². The van der Waals surface area contributed by atoms with E-state index >= 15 is 0 Å². The van der Waals surface area contributed by atoms with Crippen molar-refractivity contribution in [3.8, 4) is 0 Å². The fourth-order valence-corrected chi connectivity index (χ4v) is 4.39. The zero-order chi connectivity index (χ0) is 16.4. The second kappa shape index (κ2) is 5.65. The van der Waals surface area contributed by atoms with Crippen molar-refractivity contribution in [1.29, 1.82) is 0 Å². The monoisotopic (exact) mass is 338 g/mol. The van der Waals surface area contributed by atoms with Gasteiger partial charge in [0.15, 0.2) is 14.9 Å². The average molecular weight is 338 g/mol. The number of benzene rings is 1. The van der Waals surface area contributed by atoms with Gasteiger partial charge in [0.05, 0.1) is 16.2 Å². The third-order valence-electron chi connectivity index (χ3n) is 2.08. The number of carbonyl (C=O) groups is 1. The van der Waals surface area contributed by atoms with Crippen LogP contribution in [0.25, 0.3) is 0 Å². The molecule has 0 bridgehead atoms. The van der Waals surface area contributed by atoms with E-state index in [2.05, 4.69) is 0 Å². The van der Waals surface area contributed by atoms with E-state index < -0.39 is 52.8 Å². The van der Waals surface area contributed by atoms with Gasteiger partial charge in [-0.2, -0.15) is 0 Å². The molecule has 2 N–H and O–H groups in total. The summed E-state index contributed by atoms with van der Waals surface area (Å²) in [6.07, 6.45) is 0.695. The maximum absolute atomic E-state index is 11.6. The van der Waals surface area contributed by atoms with Crippen LogP contribution in [0, 0.1) is 10.1 Å². The highest BCUT2D eigenvalue weighted by molar-refractivity contribution is 8.08.